The van der Waals surface area contributed by atoms with Crippen LogP contribution in [-0.4, -0.2) is 29.4 Å². The summed E-state index contributed by atoms with van der Waals surface area (Å²) in [7, 11) is 0. The number of nitrogens with one attached hydrogen (secondary N) is 1. The smallest absolute Gasteiger partial charge is 0.225 e. The van der Waals surface area contributed by atoms with Gasteiger partial charge in [0.2, 0.25) is 5.91 Å². The lowest BCUT2D eigenvalue weighted by molar-refractivity contribution is -0.129. The summed E-state index contributed by atoms with van der Waals surface area (Å²) in [6.07, 6.45) is 16.9. The molecule has 154 valence electrons. The van der Waals surface area contributed by atoms with Crippen LogP contribution in [0.3, 0.4) is 0 Å². The third-order valence-corrected chi connectivity index (χ3v) is 5.34. The molecule has 4 heteroatoms. The molecule has 1 amide bonds. The first-order valence-corrected chi connectivity index (χ1v) is 11.7. The zero-order valence-electron chi connectivity index (χ0n) is 17.7. The summed E-state index contributed by atoms with van der Waals surface area (Å²) in [4.78, 5) is 11.9. The number of thioether (sulfide) groups is 1. The van der Waals surface area contributed by atoms with Crippen molar-refractivity contribution >= 4 is 17.7 Å². The fourth-order valence-corrected chi connectivity index (χ4v) is 3.42. The lowest BCUT2D eigenvalue weighted by Gasteiger charge is -2.21. The summed E-state index contributed by atoms with van der Waals surface area (Å²) < 4.78 is 0. The van der Waals surface area contributed by atoms with Crippen LogP contribution in [0.1, 0.15) is 98.3 Å². The van der Waals surface area contributed by atoms with E-state index in [2.05, 4.69) is 12.2 Å². The second kappa shape index (κ2) is 16.7. The maximum absolute atomic E-state index is 11.9. The first kappa shape index (κ1) is 25.5. The highest BCUT2D eigenvalue weighted by atomic mass is 32.2. The van der Waals surface area contributed by atoms with Crippen molar-refractivity contribution in [3.8, 4) is 0 Å². The Balaban J connectivity index is 3.53. The van der Waals surface area contributed by atoms with Gasteiger partial charge in [-0.1, -0.05) is 98.0 Å². The Morgan fingerprint density at radius 2 is 1.46 bits per heavy atom. The molecule has 0 aromatic carbocycles. The van der Waals surface area contributed by atoms with Crippen molar-refractivity contribution in [2.75, 3.05) is 12.4 Å². The largest absolute Gasteiger partial charge is 0.394 e. The first-order chi connectivity index (χ1) is 12.4. The van der Waals surface area contributed by atoms with Crippen molar-refractivity contribution in [3.63, 3.8) is 0 Å². The van der Waals surface area contributed by atoms with E-state index in [1.807, 2.05) is 32.3 Å². The van der Waals surface area contributed by atoms with Crippen molar-refractivity contribution in [2.24, 2.45) is 5.41 Å². The average Bonchev–Trinajstić information content (AvgIpc) is 2.59. The molecule has 0 aliphatic carbocycles. The average molecular weight is 386 g/mol. The van der Waals surface area contributed by atoms with E-state index < -0.39 is 5.41 Å². The van der Waals surface area contributed by atoms with Crippen LogP contribution in [0.25, 0.3) is 0 Å². The van der Waals surface area contributed by atoms with E-state index in [1.165, 1.54) is 70.6 Å². The highest BCUT2D eigenvalue weighted by molar-refractivity contribution is 8.02. The van der Waals surface area contributed by atoms with E-state index in [4.69, 9.17) is 0 Å². The Morgan fingerprint density at radius 3 is 1.92 bits per heavy atom. The molecule has 0 rings (SSSR count). The van der Waals surface area contributed by atoms with E-state index in [0.29, 0.717) is 0 Å². The van der Waals surface area contributed by atoms with E-state index in [0.717, 1.165) is 5.75 Å². The fourth-order valence-electron chi connectivity index (χ4n) is 2.61. The van der Waals surface area contributed by atoms with Gasteiger partial charge < -0.3 is 10.4 Å². The Labute approximate surface area is 166 Å². The summed E-state index contributed by atoms with van der Waals surface area (Å²) in [5, 5.41) is 14.2. The van der Waals surface area contributed by atoms with Crippen LogP contribution in [0.5, 0.6) is 0 Å². The number of unbranched alkanes of at least 4 members (excludes halogenated alkanes) is 10. The normalized spacial score (nSPS) is 13.3. The molecule has 0 bridgehead atoms. The van der Waals surface area contributed by atoms with Crippen LogP contribution < -0.4 is 5.32 Å². The number of carbonyl (C=O) groups excluding carboxylic acids is 1. The molecule has 2 N–H and O–H groups in total. The standard InChI is InChI=1S/C22H43NO2S/c1-5-6-7-8-9-10-11-12-13-14-15-17-26-18-16-20(19-24)23-21(25)22(2,3)4/h16,18,20,24H,5-15,17,19H2,1-4H3,(H,23,25)/b18-16+/t20-/m1/s1. The fraction of sp³-hybridized carbons (Fsp3) is 0.864. The molecule has 0 unspecified atom stereocenters. The zero-order chi connectivity index (χ0) is 19.7. The quantitative estimate of drug-likeness (QED) is 0.317. The molecule has 0 aliphatic heterocycles. The Morgan fingerprint density at radius 1 is 0.962 bits per heavy atom. The molecule has 0 aromatic heterocycles. The minimum absolute atomic E-state index is 0.0310. The maximum Gasteiger partial charge on any atom is 0.225 e. The summed E-state index contributed by atoms with van der Waals surface area (Å²) in [6, 6.07) is -0.286. The Kier molecular flexibility index (Phi) is 16.4. The van der Waals surface area contributed by atoms with Gasteiger partial charge in [0.1, 0.15) is 0 Å². The molecule has 26 heavy (non-hydrogen) atoms. The van der Waals surface area contributed by atoms with Crippen molar-refractivity contribution in [1.29, 1.82) is 0 Å². The van der Waals surface area contributed by atoms with E-state index in [9.17, 15) is 9.90 Å². The minimum atomic E-state index is -0.427. The van der Waals surface area contributed by atoms with E-state index >= 15 is 0 Å². The topological polar surface area (TPSA) is 49.3 Å². The van der Waals surface area contributed by atoms with E-state index in [1.54, 1.807) is 11.8 Å². The summed E-state index contributed by atoms with van der Waals surface area (Å²) in [6.45, 7) is 7.84. The number of aliphatic hydroxyl groups is 1. The number of amides is 1. The van der Waals surface area contributed by atoms with Crippen LogP contribution >= 0.6 is 11.8 Å². The lowest BCUT2D eigenvalue weighted by atomic mass is 9.95. The number of carbonyl (C=O) groups is 1. The maximum atomic E-state index is 11.9. The molecule has 0 aliphatic rings. The van der Waals surface area contributed by atoms with Crippen LogP contribution in [0.15, 0.2) is 11.5 Å². The second-order valence-corrected chi connectivity index (χ2v) is 9.26. The van der Waals surface area contributed by atoms with Crippen LogP contribution in [0, 0.1) is 5.41 Å². The van der Waals surface area contributed by atoms with Crippen molar-refractivity contribution in [1.82, 2.24) is 5.32 Å². The molecule has 0 spiro atoms. The van der Waals surface area contributed by atoms with Crippen LogP contribution in [0.4, 0.5) is 0 Å². The number of rotatable bonds is 16. The van der Waals surface area contributed by atoms with Gasteiger partial charge in [0.15, 0.2) is 0 Å². The molecular weight excluding hydrogens is 342 g/mol. The number of hydrogen-bond donors (Lipinski definition) is 2. The van der Waals surface area contributed by atoms with Gasteiger partial charge >= 0.3 is 0 Å². The van der Waals surface area contributed by atoms with Gasteiger partial charge in [-0.25, -0.2) is 0 Å². The minimum Gasteiger partial charge on any atom is -0.394 e. The third kappa shape index (κ3) is 15.7. The molecule has 1 atom stereocenters. The molecule has 0 radical (unpaired) electrons. The molecular formula is C22H43NO2S. The zero-order valence-corrected chi connectivity index (χ0v) is 18.5. The van der Waals surface area contributed by atoms with E-state index in [-0.39, 0.29) is 18.6 Å². The monoisotopic (exact) mass is 385 g/mol. The van der Waals surface area contributed by atoms with Gasteiger partial charge in [-0.3, -0.25) is 4.79 Å². The van der Waals surface area contributed by atoms with Crippen LogP contribution in [-0.2, 0) is 4.79 Å². The number of hydrogen-bond acceptors (Lipinski definition) is 3. The van der Waals surface area contributed by atoms with Crippen molar-refractivity contribution < 1.29 is 9.90 Å². The van der Waals surface area contributed by atoms with Gasteiger partial charge in [-0.05, 0) is 17.6 Å². The predicted octanol–water partition coefficient (Wildman–Crippen LogP) is 6.07. The van der Waals surface area contributed by atoms with Gasteiger partial charge in [0.05, 0.1) is 12.6 Å². The van der Waals surface area contributed by atoms with Gasteiger partial charge in [0.25, 0.3) is 0 Å². The molecule has 3 nitrogen and oxygen atoms in total. The summed E-state index contributed by atoms with van der Waals surface area (Å²) >= 11 is 1.77. The van der Waals surface area contributed by atoms with Gasteiger partial charge in [-0.2, -0.15) is 0 Å². The number of aliphatic hydroxyl groups excluding tert-OH is 1. The molecule has 0 fully saturated rings. The Hall–Kier alpha value is -0.480. The van der Waals surface area contributed by atoms with Crippen molar-refractivity contribution in [3.05, 3.63) is 11.5 Å². The van der Waals surface area contributed by atoms with Gasteiger partial charge in [0, 0.05) is 5.41 Å². The molecule has 0 saturated carbocycles. The highest BCUT2D eigenvalue weighted by Gasteiger charge is 2.22. The SMILES string of the molecule is CCCCCCCCCCCCCS/C=C/[C@H](CO)NC(=O)C(C)(C)C. The second-order valence-electron chi connectivity index (χ2n) is 8.25. The van der Waals surface area contributed by atoms with Crippen LogP contribution in [0.2, 0.25) is 0 Å². The molecule has 0 heterocycles. The highest BCUT2D eigenvalue weighted by Crippen LogP contribution is 2.15. The molecule has 0 saturated heterocycles. The molecule has 0 aromatic rings. The lowest BCUT2D eigenvalue weighted by Crippen LogP contribution is -2.42. The van der Waals surface area contributed by atoms with Crippen molar-refractivity contribution in [2.45, 2.75) is 104 Å². The third-order valence-electron chi connectivity index (χ3n) is 4.47. The first-order valence-electron chi connectivity index (χ1n) is 10.6. The summed E-state index contributed by atoms with van der Waals surface area (Å²) in [5.74, 6) is 1.08. The Bertz CT molecular complexity index is 364. The van der Waals surface area contributed by atoms with Gasteiger partial charge in [-0.15, -0.1) is 11.8 Å². The summed E-state index contributed by atoms with van der Waals surface area (Å²) in [5.41, 5.74) is -0.427. The predicted molar refractivity (Wildman–Crippen MR) is 117 cm³/mol.